The Balaban J connectivity index is 2.31. The minimum atomic E-state index is -0.330. The molecule has 0 aromatic carbocycles. The van der Waals surface area contributed by atoms with Crippen LogP contribution < -0.4 is 5.32 Å². The van der Waals surface area contributed by atoms with Gasteiger partial charge in [0.2, 0.25) is 0 Å². The maximum Gasteiger partial charge on any atom is 0.0957 e. The zero-order valence-corrected chi connectivity index (χ0v) is 11.4. The molecule has 0 radical (unpaired) electrons. The van der Waals surface area contributed by atoms with Crippen LogP contribution in [-0.4, -0.2) is 29.3 Å². The van der Waals surface area contributed by atoms with Gasteiger partial charge in [-0.2, -0.15) is 0 Å². The van der Waals surface area contributed by atoms with Gasteiger partial charge in [-0.15, -0.1) is 11.3 Å². The zero-order chi connectivity index (χ0) is 12.1. The molecule has 0 saturated heterocycles. The molecule has 4 heteroatoms. The highest BCUT2D eigenvalue weighted by atomic mass is 32.1. The Bertz CT molecular complexity index is 303. The molecule has 1 rings (SSSR count). The fourth-order valence-corrected chi connectivity index (χ4v) is 2.44. The third kappa shape index (κ3) is 4.60. The molecule has 0 aliphatic carbocycles. The summed E-state index contributed by atoms with van der Waals surface area (Å²) in [5.41, 5.74) is 1.09. The van der Waals surface area contributed by atoms with Crippen molar-refractivity contribution < 1.29 is 5.11 Å². The van der Waals surface area contributed by atoms with Gasteiger partial charge in [-0.05, 0) is 26.3 Å². The average Bonchev–Trinajstić information content (AvgIpc) is 2.44. The number of rotatable bonds is 6. The molecule has 92 valence electrons. The number of hydrogen-bond donors (Lipinski definition) is 2. The second kappa shape index (κ2) is 6.33. The van der Waals surface area contributed by atoms with Crippen molar-refractivity contribution in [1.82, 2.24) is 10.3 Å². The van der Waals surface area contributed by atoms with Gasteiger partial charge in [0.15, 0.2) is 0 Å². The smallest absolute Gasteiger partial charge is 0.0957 e. The Kier molecular flexibility index (Phi) is 5.38. The summed E-state index contributed by atoms with van der Waals surface area (Å²) in [7, 11) is 0. The molecule has 0 aliphatic heterocycles. The molecule has 0 spiro atoms. The number of hydrogen-bond acceptors (Lipinski definition) is 4. The van der Waals surface area contributed by atoms with Crippen LogP contribution in [0, 0.1) is 19.8 Å². The van der Waals surface area contributed by atoms with Crippen LogP contribution >= 0.6 is 11.3 Å². The van der Waals surface area contributed by atoms with Crippen LogP contribution in [0.4, 0.5) is 0 Å². The van der Waals surface area contributed by atoms with Gasteiger partial charge in [0.05, 0.1) is 16.8 Å². The van der Waals surface area contributed by atoms with E-state index in [1.54, 1.807) is 11.3 Å². The molecule has 1 aromatic heterocycles. The normalized spacial score (nSPS) is 13.4. The summed E-state index contributed by atoms with van der Waals surface area (Å²) in [4.78, 5) is 5.67. The van der Waals surface area contributed by atoms with E-state index < -0.39 is 0 Å². The lowest BCUT2D eigenvalue weighted by Gasteiger charge is -2.11. The summed E-state index contributed by atoms with van der Waals surface area (Å²) in [5, 5.41) is 14.1. The number of thiazole rings is 1. The minimum absolute atomic E-state index is 0.330. The van der Waals surface area contributed by atoms with E-state index in [1.807, 2.05) is 6.92 Å². The van der Waals surface area contributed by atoms with Crippen LogP contribution in [0.15, 0.2) is 0 Å². The number of aliphatic hydroxyl groups is 1. The van der Waals surface area contributed by atoms with E-state index in [9.17, 15) is 5.11 Å². The number of nitrogens with zero attached hydrogens (tertiary/aromatic N) is 1. The van der Waals surface area contributed by atoms with Gasteiger partial charge in [0.25, 0.3) is 0 Å². The first kappa shape index (κ1) is 13.6. The first-order valence-electron chi connectivity index (χ1n) is 5.80. The number of aromatic nitrogens is 1. The van der Waals surface area contributed by atoms with Crippen molar-refractivity contribution >= 4 is 11.3 Å². The highest BCUT2D eigenvalue weighted by Gasteiger charge is 2.10. The Labute approximate surface area is 102 Å². The molecular formula is C12H22N2OS. The van der Waals surface area contributed by atoms with Crippen LogP contribution in [0.25, 0.3) is 0 Å². The van der Waals surface area contributed by atoms with Crippen LogP contribution in [-0.2, 0) is 6.42 Å². The summed E-state index contributed by atoms with van der Waals surface area (Å²) in [6.07, 6.45) is 0.327. The van der Waals surface area contributed by atoms with Crippen LogP contribution in [0.1, 0.15) is 29.4 Å². The Hall–Kier alpha value is -0.450. The van der Waals surface area contributed by atoms with Gasteiger partial charge in [0.1, 0.15) is 0 Å². The molecular weight excluding hydrogens is 220 g/mol. The maximum absolute atomic E-state index is 9.82. The topological polar surface area (TPSA) is 45.2 Å². The van der Waals surface area contributed by atoms with Gasteiger partial charge < -0.3 is 10.4 Å². The zero-order valence-electron chi connectivity index (χ0n) is 10.6. The summed E-state index contributed by atoms with van der Waals surface area (Å²) in [6.45, 7) is 10.0. The predicted molar refractivity (Wildman–Crippen MR) is 69.0 cm³/mol. The second-order valence-corrected chi connectivity index (χ2v) is 5.95. The highest BCUT2D eigenvalue weighted by molar-refractivity contribution is 7.11. The van der Waals surface area contributed by atoms with Crippen LogP contribution in [0.3, 0.4) is 0 Å². The lowest BCUT2D eigenvalue weighted by Crippen LogP contribution is -2.30. The SMILES string of the molecule is Cc1nc(CC(O)CNCC(C)C)sc1C. The van der Waals surface area contributed by atoms with Crippen LogP contribution in [0.5, 0.6) is 0 Å². The third-order valence-corrected chi connectivity index (χ3v) is 3.51. The predicted octanol–water partition coefficient (Wildman–Crippen LogP) is 1.91. The molecule has 16 heavy (non-hydrogen) atoms. The number of aliphatic hydroxyl groups excluding tert-OH is 1. The molecule has 0 saturated carbocycles. The van der Waals surface area contributed by atoms with Crippen molar-refractivity contribution in [2.24, 2.45) is 5.92 Å². The first-order valence-corrected chi connectivity index (χ1v) is 6.62. The highest BCUT2D eigenvalue weighted by Crippen LogP contribution is 2.17. The van der Waals surface area contributed by atoms with Crippen molar-refractivity contribution in [1.29, 1.82) is 0 Å². The molecule has 2 N–H and O–H groups in total. The summed E-state index contributed by atoms with van der Waals surface area (Å²) in [6, 6.07) is 0. The van der Waals surface area contributed by atoms with E-state index in [1.165, 1.54) is 4.88 Å². The lowest BCUT2D eigenvalue weighted by molar-refractivity contribution is 0.170. The monoisotopic (exact) mass is 242 g/mol. The van der Waals surface area contributed by atoms with Crippen LogP contribution in [0.2, 0.25) is 0 Å². The first-order chi connectivity index (χ1) is 7.49. The average molecular weight is 242 g/mol. The molecule has 3 nitrogen and oxygen atoms in total. The standard InChI is InChI=1S/C12H22N2OS/c1-8(2)6-13-7-11(15)5-12-14-9(3)10(4)16-12/h8,11,13,15H,5-7H2,1-4H3. The number of nitrogens with one attached hydrogen (secondary N) is 1. The maximum atomic E-state index is 9.82. The van der Waals surface area contributed by atoms with Crippen molar-refractivity contribution in [3.8, 4) is 0 Å². The Morgan fingerprint density at radius 2 is 2.00 bits per heavy atom. The second-order valence-electron chi connectivity index (χ2n) is 4.66. The van der Waals surface area contributed by atoms with Gasteiger partial charge in [-0.25, -0.2) is 4.98 Å². The van der Waals surface area contributed by atoms with E-state index >= 15 is 0 Å². The molecule has 1 heterocycles. The third-order valence-electron chi connectivity index (χ3n) is 2.42. The molecule has 0 bridgehead atoms. The Morgan fingerprint density at radius 3 is 2.50 bits per heavy atom. The van der Waals surface area contributed by atoms with E-state index in [-0.39, 0.29) is 6.10 Å². The fourth-order valence-electron chi connectivity index (χ4n) is 1.44. The van der Waals surface area contributed by atoms with Crippen molar-refractivity contribution in [2.45, 2.75) is 40.2 Å². The lowest BCUT2D eigenvalue weighted by atomic mass is 10.2. The van der Waals surface area contributed by atoms with E-state index in [2.05, 4.69) is 31.1 Å². The molecule has 0 aliphatic rings. The molecule has 1 aromatic rings. The summed E-state index contributed by atoms with van der Waals surface area (Å²) in [5.74, 6) is 0.622. The van der Waals surface area contributed by atoms with Gasteiger partial charge >= 0.3 is 0 Å². The molecule has 0 amide bonds. The van der Waals surface area contributed by atoms with Gasteiger partial charge in [0, 0.05) is 17.8 Å². The van der Waals surface area contributed by atoms with Gasteiger partial charge in [-0.1, -0.05) is 13.8 Å². The Morgan fingerprint density at radius 1 is 1.31 bits per heavy atom. The van der Waals surface area contributed by atoms with Crippen molar-refractivity contribution in [3.63, 3.8) is 0 Å². The van der Waals surface area contributed by atoms with E-state index in [4.69, 9.17) is 0 Å². The van der Waals surface area contributed by atoms with Crippen molar-refractivity contribution in [2.75, 3.05) is 13.1 Å². The molecule has 0 fully saturated rings. The largest absolute Gasteiger partial charge is 0.391 e. The quantitative estimate of drug-likeness (QED) is 0.801. The molecule has 1 unspecified atom stereocenters. The number of aryl methyl sites for hydroxylation is 2. The fraction of sp³-hybridized carbons (Fsp3) is 0.750. The molecule has 1 atom stereocenters. The summed E-state index contributed by atoms with van der Waals surface area (Å²) < 4.78 is 0. The minimum Gasteiger partial charge on any atom is -0.391 e. The summed E-state index contributed by atoms with van der Waals surface area (Å²) >= 11 is 1.68. The van der Waals surface area contributed by atoms with E-state index in [0.29, 0.717) is 18.9 Å². The van der Waals surface area contributed by atoms with Gasteiger partial charge in [-0.3, -0.25) is 0 Å². The van der Waals surface area contributed by atoms with Crippen molar-refractivity contribution in [3.05, 3.63) is 15.6 Å². The van der Waals surface area contributed by atoms with E-state index in [0.717, 1.165) is 17.2 Å².